The van der Waals surface area contributed by atoms with Gasteiger partial charge < -0.3 is 4.90 Å². The van der Waals surface area contributed by atoms with Crippen LogP contribution in [0, 0.1) is 0 Å². The molecule has 4 heteroatoms. The van der Waals surface area contributed by atoms with Crippen molar-refractivity contribution in [2.45, 2.75) is 26.8 Å². The molecule has 0 saturated heterocycles. The van der Waals surface area contributed by atoms with Gasteiger partial charge in [0, 0.05) is 25.7 Å². The Hall–Kier alpha value is -1.42. The first-order valence-electron chi connectivity index (χ1n) is 5.83. The Balaban J connectivity index is 0.000000457. The zero-order valence-electron chi connectivity index (χ0n) is 10.1. The third kappa shape index (κ3) is 1.80. The van der Waals surface area contributed by atoms with E-state index < -0.39 is 0 Å². The number of aromatic nitrogens is 3. The Kier molecular flexibility index (Phi) is 3.19. The smallest absolute Gasteiger partial charge is 0.140 e. The van der Waals surface area contributed by atoms with E-state index in [1.54, 1.807) is 6.20 Å². The van der Waals surface area contributed by atoms with Gasteiger partial charge in [-0.3, -0.25) is 4.40 Å². The van der Waals surface area contributed by atoms with Gasteiger partial charge in [-0.25, -0.2) is 9.97 Å². The molecular weight excluding hydrogens is 200 g/mol. The van der Waals surface area contributed by atoms with E-state index in [1.807, 2.05) is 26.2 Å². The van der Waals surface area contributed by atoms with Crippen LogP contribution in [-0.2, 0) is 13.0 Å². The molecule has 0 aliphatic carbocycles. The van der Waals surface area contributed by atoms with E-state index in [0.717, 1.165) is 25.2 Å². The van der Waals surface area contributed by atoms with Crippen LogP contribution in [0.2, 0.25) is 0 Å². The number of likely N-dealkylation sites (N-methyl/N-ethyl adjacent to an activating group) is 1. The summed E-state index contributed by atoms with van der Waals surface area (Å²) < 4.78 is 2.09. The van der Waals surface area contributed by atoms with Gasteiger partial charge in [-0.15, -0.1) is 0 Å². The molecular formula is C12H18N4. The van der Waals surface area contributed by atoms with Crippen LogP contribution in [0.1, 0.15) is 25.2 Å². The molecule has 0 unspecified atom stereocenters. The van der Waals surface area contributed by atoms with Crippen molar-refractivity contribution in [3.8, 4) is 0 Å². The highest BCUT2D eigenvalue weighted by molar-refractivity contribution is 5.42. The maximum Gasteiger partial charge on any atom is 0.140 e. The minimum atomic E-state index is 0.974. The van der Waals surface area contributed by atoms with E-state index in [9.17, 15) is 0 Å². The molecule has 0 saturated carbocycles. The molecule has 86 valence electrons. The summed E-state index contributed by atoms with van der Waals surface area (Å²) in [6, 6.07) is 1.96. The van der Waals surface area contributed by atoms with Crippen molar-refractivity contribution in [1.29, 1.82) is 0 Å². The summed E-state index contributed by atoms with van der Waals surface area (Å²) in [6.45, 7) is 6.08. The van der Waals surface area contributed by atoms with E-state index in [4.69, 9.17) is 0 Å². The Bertz CT molecular complexity index is 475. The Morgan fingerprint density at radius 3 is 2.94 bits per heavy atom. The largest absolute Gasteiger partial charge is 0.300 e. The SMILES string of the molecule is CC.CN1CCc2nc3ccncn3c2C1. The van der Waals surface area contributed by atoms with Crippen LogP contribution in [-0.4, -0.2) is 32.9 Å². The lowest BCUT2D eigenvalue weighted by molar-refractivity contribution is 0.305. The van der Waals surface area contributed by atoms with Crippen molar-refractivity contribution in [2.24, 2.45) is 0 Å². The fraction of sp³-hybridized carbons (Fsp3) is 0.500. The van der Waals surface area contributed by atoms with Crippen molar-refractivity contribution in [1.82, 2.24) is 19.3 Å². The van der Waals surface area contributed by atoms with Gasteiger partial charge in [0.1, 0.15) is 12.0 Å². The standard InChI is InChI=1S/C10H12N4.C2H6/c1-13-5-3-8-9(6-13)14-7-11-4-2-10(14)12-8;1-2/h2,4,7H,3,5-6H2,1H3;1-2H3. The predicted molar refractivity (Wildman–Crippen MR) is 64.4 cm³/mol. The molecule has 0 spiro atoms. The molecule has 1 aliphatic rings. The number of hydrogen-bond donors (Lipinski definition) is 0. The zero-order chi connectivity index (χ0) is 11.5. The lowest BCUT2D eigenvalue weighted by Gasteiger charge is -2.21. The summed E-state index contributed by atoms with van der Waals surface area (Å²) in [7, 11) is 2.14. The van der Waals surface area contributed by atoms with E-state index in [2.05, 4.69) is 26.3 Å². The highest BCUT2D eigenvalue weighted by atomic mass is 15.2. The third-order valence-electron chi connectivity index (χ3n) is 2.76. The minimum absolute atomic E-state index is 0.974. The average molecular weight is 218 g/mol. The van der Waals surface area contributed by atoms with Crippen LogP contribution in [0.3, 0.4) is 0 Å². The fourth-order valence-corrected chi connectivity index (χ4v) is 1.99. The number of hydrogen-bond acceptors (Lipinski definition) is 3. The summed E-state index contributed by atoms with van der Waals surface area (Å²) in [4.78, 5) is 11.0. The summed E-state index contributed by atoms with van der Waals surface area (Å²) in [6.07, 6.45) is 4.69. The molecule has 16 heavy (non-hydrogen) atoms. The molecule has 0 bridgehead atoms. The molecule has 4 nitrogen and oxygen atoms in total. The van der Waals surface area contributed by atoms with E-state index >= 15 is 0 Å². The number of imidazole rings is 1. The first-order valence-corrected chi connectivity index (χ1v) is 5.83. The highest BCUT2D eigenvalue weighted by Gasteiger charge is 2.18. The van der Waals surface area contributed by atoms with Crippen molar-refractivity contribution in [2.75, 3.05) is 13.6 Å². The molecule has 0 amide bonds. The third-order valence-corrected chi connectivity index (χ3v) is 2.76. The Labute approximate surface area is 95.9 Å². The van der Waals surface area contributed by atoms with Gasteiger partial charge in [0.05, 0.1) is 11.4 Å². The maximum atomic E-state index is 4.58. The summed E-state index contributed by atoms with van der Waals surface area (Å²) >= 11 is 0. The van der Waals surface area contributed by atoms with Gasteiger partial charge in [-0.05, 0) is 13.1 Å². The molecule has 0 fully saturated rings. The molecule has 1 aliphatic heterocycles. The summed E-state index contributed by atoms with van der Waals surface area (Å²) in [5.74, 6) is 0. The van der Waals surface area contributed by atoms with Gasteiger partial charge in [0.25, 0.3) is 0 Å². The van der Waals surface area contributed by atoms with E-state index in [-0.39, 0.29) is 0 Å². The quantitative estimate of drug-likeness (QED) is 0.675. The first-order chi connectivity index (χ1) is 7.84. The molecule has 3 heterocycles. The second kappa shape index (κ2) is 4.61. The summed E-state index contributed by atoms with van der Waals surface area (Å²) in [5, 5.41) is 0. The lowest BCUT2D eigenvalue weighted by Crippen LogP contribution is -2.27. The topological polar surface area (TPSA) is 33.4 Å². The van der Waals surface area contributed by atoms with Crippen LogP contribution < -0.4 is 0 Å². The van der Waals surface area contributed by atoms with Crippen molar-refractivity contribution < 1.29 is 0 Å². The molecule has 0 atom stereocenters. The van der Waals surface area contributed by atoms with Crippen LogP contribution in [0.15, 0.2) is 18.6 Å². The average Bonchev–Trinajstić information content (AvgIpc) is 2.70. The van der Waals surface area contributed by atoms with Crippen molar-refractivity contribution in [3.63, 3.8) is 0 Å². The minimum Gasteiger partial charge on any atom is -0.300 e. The number of fused-ring (bicyclic) bond motifs is 3. The molecule has 0 aromatic carbocycles. The normalized spacial score (nSPS) is 15.4. The summed E-state index contributed by atoms with van der Waals surface area (Å²) in [5.41, 5.74) is 3.54. The Morgan fingerprint density at radius 1 is 1.31 bits per heavy atom. The second-order valence-corrected chi connectivity index (χ2v) is 3.80. The van der Waals surface area contributed by atoms with Gasteiger partial charge in [0.2, 0.25) is 0 Å². The number of rotatable bonds is 0. The van der Waals surface area contributed by atoms with Gasteiger partial charge >= 0.3 is 0 Å². The molecule has 0 radical (unpaired) electrons. The lowest BCUT2D eigenvalue weighted by atomic mass is 10.1. The molecule has 3 rings (SSSR count). The van der Waals surface area contributed by atoms with E-state index in [1.165, 1.54) is 11.4 Å². The molecule has 2 aromatic rings. The van der Waals surface area contributed by atoms with Gasteiger partial charge in [-0.1, -0.05) is 13.8 Å². The predicted octanol–water partition coefficient (Wildman–Crippen LogP) is 1.74. The van der Waals surface area contributed by atoms with Crippen molar-refractivity contribution in [3.05, 3.63) is 30.0 Å². The maximum absolute atomic E-state index is 4.58. The van der Waals surface area contributed by atoms with E-state index in [0.29, 0.717) is 0 Å². The fourth-order valence-electron chi connectivity index (χ4n) is 1.99. The number of nitrogens with zero attached hydrogens (tertiary/aromatic N) is 4. The molecule has 2 aromatic heterocycles. The zero-order valence-corrected chi connectivity index (χ0v) is 10.1. The second-order valence-electron chi connectivity index (χ2n) is 3.80. The highest BCUT2D eigenvalue weighted by Crippen LogP contribution is 2.18. The van der Waals surface area contributed by atoms with Gasteiger partial charge in [-0.2, -0.15) is 0 Å². The first kappa shape index (κ1) is 11.1. The van der Waals surface area contributed by atoms with Crippen LogP contribution in [0.5, 0.6) is 0 Å². The molecule has 0 N–H and O–H groups in total. The Morgan fingerprint density at radius 2 is 2.12 bits per heavy atom. The van der Waals surface area contributed by atoms with Gasteiger partial charge in [0.15, 0.2) is 0 Å². The van der Waals surface area contributed by atoms with Crippen molar-refractivity contribution >= 4 is 5.65 Å². The monoisotopic (exact) mass is 218 g/mol. The van der Waals surface area contributed by atoms with Crippen LogP contribution in [0.4, 0.5) is 0 Å². The van der Waals surface area contributed by atoms with Crippen LogP contribution >= 0.6 is 0 Å². The van der Waals surface area contributed by atoms with Crippen LogP contribution in [0.25, 0.3) is 5.65 Å².